The van der Waals surface area contributed by atoms with Crippen LogP contribution in [0, 0.1) is 0 Å². The van der Waals surface area contributed by atoms with E-state index in [1.165, 1.54) is 12.1 Å². The standard InChI is InChI=1S/C6H6BrO3P/c7-5-2-1-3-6(4-5)11(8,9)10/h1-4H,(H2,8,9,10). The maximum atomic E-state index is 10.7. The van der Waals surface area contributed by atoms with Gasteiger partial charge >= 0.3 is 7.60 Å². The number of benzene rings is 1. The highest BCUT2D eigenvalue weighted by Crippen LogP contribution is 2.33. The van der Waals surface area contributed by atoms with Crippen molar-refractivity contribution in [3.05, 3.63) is 28.7 Å². The van der Waals surface area contributed by atoms with Crippen LogP contribution in [0.25, 0.3) is 0 Å². The zero-order valence-corrected chi connectivity index (χ0v) is 7.92. The van der Waals surface area contributed by atoms with Crippen molar-refractivity contribution in [2.45, 2.75) is 0 Å². The molecule has 0 fully saturated rings. The van der Waals surface area contributed by atoms with Crippen LogP contribution < -0.4 is 5.30 Å². The van der Waals surface area contributed by atoms with Crippen LogP contribution in [0.5, 0.6) is 0 Å². The lowest BCUT2D eigenvalue weighted by molar-refractivity contribution is 0.387. The molecule has 5 heteroatoms. The molecule has 0 bridgehead atoms. The van der Waals surface area contributed by atoms with Crippen LogP contribution in [-0.2, 0) is 4.57 Å². The van der Waals surface area contributed by atoms with E-state index in [0.717, 1.165) is 0 Å². The number of hydrogen-bond acceptors (Lipinski definition) is 1. The van der Waals surface area contributed by atoms with Crippen LogP contribution in [0.3, 0.4) is 0 Å². The first-order valence-electron chi connectivity index (χ1n) is 2.82. The molecular formula is C6H6BrO3P. The van der Waals surface area contributed by atoms with Gasteiger partial charge in [-0.15, -0.1) is 0 Å². The second-order valence-corrected chi connectivity index (χ2v) is 4.54. The van der Waals surface area contributed by atoms with Gasteiger partial charge in [0.2, 0.25) is 0 Å². The van der Waals surface area contributed by atoms with Gasteiger partial charge < -0.3 is 9.79 Å². The average Bonchev–Trinajstić information content (AvgIpc) is 1.86. The van der Waals surface area contributed by atoms with E-state index in [4.69, 9.17) is 9.79 Å². The monoisotopic (exact) mass is 236 g/mol. The molecule has 60 valence electrons. The second kappa shape index (κ2) is 3.07. The summed E-state index contributed by atoms with van der Waals surface area (Å²) in [5.41, 5.74) is 0. The van der Waals surface area contributed by atoms with Gasteiger partial charge in [-0.05, 0) is 18.2 Å². The van der Waals surface area contributed by atoms with E-state index in [9.17, 15) is 4.57 Å². The van der Waals surface area contributed by atoms with E-state index in [2.05, 4.69) is 15.9 Å². The SMILES string of the molecule is O=P(O)(O)c1cccc(Br)c1. The lowest BCUT2D eigenvalue weighted by atomic mass is 10.4. The Kier molecular flexibility index (Phi) is 2.50. The Bertz CT molecular complexity index is 306. The number of hydrogen-bond donors (Lipinski definition) is 2. The van der Waals surface area contributed by atoms with Gasteiger partial charge in [0.15, 0.2) is 0 Å². The van der Waals surface area contributed by atoms with Gasteiger partial charge in [0.05, 0.1) is 5.30 Å². The number of rotatable bonds is 1. The zero-order chi connectivity index (χ0) is 8.48. The quantitative estimate of drug-likeness (QED) is 0.722. The second-order valence-electron chi connectivity index (χ2n) is 2.02. The van der Waals surface area contributed by atoms with Gasteiger partial charge in [-0.1, -0.05) is 22.0 Å². The Morgan fingerprint density at radius 1 is 1.36 bits per heavy atom. The normalized spacial score (nSPS) is 11.5. The Hall–Kier alpha value is -0.150. The molecule has 0 atom stereocenters. The molecule has 0 aliphatic rings. The molecule has 0 unspecified atom stereocenters. The molecule has 1 aromatic rings. The van der Waals surface area contributed by atoms with Crippen molar-refractivity contribution >= 4 is 28.8 Å². The molecule has 1 rings (SSSR count). The predicted octanol–water partition coefficient (Wildman–Crippen LogP) is 1.25. The fourth-order valence-electron chi connectivity index (χ4n) is 0.657. The smallest absolute Gasteiger partial charge is 0.321 e. The summed E-state index contributed by atoms with van der Waals surface area (Å²) >= 11 is 3.11. The number of halogens is 1. The van der Waals surface area contributed by atoms with Crippen LogP contribution in [0.2, 0.25) is 0 Å². The first-order chi connectivity index (χ1) is 5.00. The molecule has 0 aliphatic carbocycles. The van der Waals surface area contributed by atoms with E-state index in [1.807, 2.05) is 0 Å². The Morgan fingerprint density at radius 2 is 2.00 bits per heavy atom. The van der Waals surface area contributed by atoms with Gasteiger partial charge in [-0.3, -0.25) is 4.57 Å². The first-order valence-corrected chi connectivity index (χ1v) is 5.22. The van der Waals surface area contributed by atoms with E-state index < -0.39 is 7.60 Å². The topological polar surface area (TPSA) is 57.5 Å². The van der Waals surface area contributed by atoms with Crippen LogP contribution in [0.1, 0.15) is 0 Å². The third kappa shape index (κ3) is 2.42. The highest BCUT2D eigenvalue weighted by atomic mass is 79.9. The minimum atomic E-state index is -4.08. The maximum absolute atomic E-state index is 10.7. The molecule has 3 nitrogen and oxygen atoms in total. The van der Waals surface area contributed by atoms with Crippen molar-refractivity contribution in [3.63, 3.8) is 0 Å². The third-order valence-corrected chi connectivity index (χ3v) is 2.59. The highest BCUT2D eigenvalue weighted by Gasteiger charge is 2.15. The summed E-state index contributed by atoms with van der Waals surface area (Å²) in [5, 5.41) is 0.0341. The summed E-state index contributed by atoms with van der Waals surface area (Å²) in [6.45, 7) is 0. The van der Waals surface area contributed by atoms with Crippen molar-refractivity contribution < 1.29 is 14.4 Å². The predicted molar refractivity (Wildman–Crippen MR) is 45.8 cm³/mol. The lowest BCUT2D eigenvalue weighted by Crippen LogP contribution is -2.02. The summed E-state index contributed by atoms with van der Waals surface area (Å²) < 4.78 is 11.3. The van der Waals surface area contributed by atoms with Gasteiger partial charge in [-0.25, -0.2) is 0 Å². The van der Waals surface area contributed by atoms with Crippen molar-refractivity contribution in [2.75, 3.05) is 0 Å². The molecule has 0 radical (unpaired) electrons. The fourth-order valence-corrected chi connectivity index (χ4v) is 1.82. The molecule has 11 heavy (non-hydrogen) atoms. The van der Waals surface area contributed by atoms with Crippen LogP contribution in [0.15, 0.2) is 28.7 Å². The molecule has 0 amide bonds. The van der Waals surface area contributed by atoms with Gasteiger partial charge in [0.25, 0.3) is 0 Å². The van der Waals surface area contributed by atoms with Crippen molar-refractivity contribution in [3.8, 4) is 0 Å². The molecule has 0 aromatic heterocycles. The molecule has 0 spiro atoms. The van der Waals surface area contributed by atoms with Crippen molar-refractivity contribution in [1.29, 1.82) is 0 Å². The Morgan fingerprint density at radius 3 is 2.36 bits per heavy atom. The molecule has 0 saturated carbocycles. The van der Waals surface area contributed by atoms with Gasteiger partial charge in [0, 0.05) is 4.47 Å². The van der Waals surface area contributed by atoms with E-state index in [-0.39, 0.29) is 5.30 Å². The summed E-state index contributed by atoms with van der Waals surface area (Å²) in [7, 11) is -4.08. The Labute approximate surface area is 72.4 Å². The van der Waals surface area contributed by atoms with Gasteiger partial charge in [-0.2, -0.15) is 0 Å². The minimum Gasteiger partial charge on any atom is -0.321 e. The maximum Gasteiger partial charge on any atom is 0.356 e. The van der Waals surface area contributed by atoms with Crippen LogP contribution in [-0.4, -0.2) is 9.79 Å². The van der Waals surface area contributed by atoms with Crippen molar-refractivity contribution in [1.82, 2.24) is 0 Å². The van der Waals surface area contributed by atoms with Crippen molar-refractivity contribution in [2.24, 2.45) is 0 Å². The molecule has 0 aliphatic heterocycles. The van der Waals surface area contributed by atoms with Crippen LogP contribution in [0.4, 0.5) is 0 Å². The molecule has 2 N–H and O–H groups in total. The zero-order valence-electron chi connectivity index (χ0n) is 5.44. The summed E-state index contributed by atoms with van der Waals surface area (Å²) in [5.74, 6) is 0. The van der Waals surface area contributed by atoms with E-state index >= 15 is 0 Å². The fraction of sp³-hybridized carbons (Fsp3) is 0. The molecule has 0 heterocycles. The summed E-state index contributed by atoms with van der Waals surface area (Å²) in [6, 6.07) is 6.09. The lowest BCUT2D eigenvalue weighted by Gasteiger charge is -2.02. The molecular weight excluding hydrogens is 231 g/mol. The molecule has 1 aromatic carbocycles. The van der Waals surface area contributed by atoms with E-state index in [0.29, 0.717) is 4.47 Å². The molecule has 0 saturated heterocycles. The Balaban J connectivity index is 3.17. The first kappa shape index (κ1) is 8.94. The highest BCUT2D eigenvalue weighted by molar-refractivity contribution is 9.10. The average molecular weight is 237 g/mol. The summed E-state index contributed by atoms with van der Waals surface area (Å²) in [4.78, 5) is 17.4. The minimum absolute atomic E-state index is 0.0341. The largest absolute Gasteiger partial charge is 0.356 e. The third-order valence-electron chi connectivity index (χ3n) is 1.14. The van der Waals surface area contributed by atoms with Gasteiger partial charge in [0.1, 0.15) is 0 Å². The summed E-state index contributed by atoms with van der Waals surface area (Å²) in [6.07, 6.45) is 0. The van der Waals surface area contributed by atoms with E-state index in [1.54, 1.807) is 12.1 Å². The van der Waals surface area contributed by atoms with Crippen LogP contribution >= 0.6 is 23.5 Å².